The van der Waals surface area contributed by atoms with E-state index in [9.17, 15) is 13.2 Å². The van der Waals surface area contributed by atoms with Crippen LogP contribution in [-0.4, -0.2) is 39.4 Å². The Labute approximate surface area is 215 Å². The molecule has 186 valence electrons. The molecule has 1 N–H and O–H groups in total. The summed E-state index contributed by atoms with van der Waals surface area (Å²) in [7, 11) is -1.08. The zero-order valence-corrected chi connectivity index (χ0v) is 21.8. The first-order valence-electron chi connectivity index (χ1n) is 10.7. The summed E-state index contributed by atoms with van der Waals surface area (Å²) in [5.74, 6) is 0.605. The van der Waals surface area contributed by atoms with Crippen molar-refractivity contribution in [3.05, 3.63) is 87.9 Å². The Morgan fingerprint density at radius 3 is 2.31 bits per heavy atom. The minimum atomic E-state index is -4.15. The molecule has 3 aromatic carbocycles. The van der Waals surface area contributed by atoms with Gasteiger partial charge in [-0.15, -0.1) is 0 Å². The number of sulfonamides is 1. The van der Waals surface area contributed by atoms with Gasteiger partial charge in [0.05, 0.1) is 31.8 Å². The fourth-order valence-corrected chi connectivity index (χ4v) is 5.60. The Morgan fingerprint density at radius 2 is 1.66 bits per heavy atom. The van der Waals surface area contributed by atoms with Gasteiger partial charge in [-0.2, -0.15) is 4.31 Å². The molecule has 0 spiro atoms. The highest BCUT2D eigenvalue weighted by Crippen LogP contribution is 2.31. The molecule has 0 saturated carbocycles. The molecule has 0 aromatic heterocycles. The van der Waals surface area contributed by atoms with E-state index >= 15 is 0 Å². The first-order valence-corrected chi connectivity index (χ1v) is 12.9. The number of halogens is 2. The third-order valence-electron chi connectivity index (χ3n) is 5.32. The molecule has 1 atom stereocenters. The van der Waals surface area contributed by atoms with Crippen molar-refractivity contribution >= 4 is 39.1 Å². The molecule has 1 unspecified atom stereocenters. The number of carbonyl (C=O) groups is 1. The summed E-state index contributed by atoms with van der Waals surface area (Å²) in [5.41, 5.74) is 1.49. The van der Waals surface area contributed by atoms with Crippen molar-refractivity contribution in [1.29, 1.82) is 0 Å². The van der Waals surface area contributed by atoms with E-state index in [1.807, 2.05) is 6.07 Å². The standard InChI is InChI=1S/C25H26Cl2N2O5S/c1-17(19-9-12-22(33-2)23(13-19)34-3)28-25(30)16-29(15-18-7-5-4-6-8-18)35(31,32)24-14-20(26)10-11-21(24)27/h4-14,17H,15-16H2,1-3H3,(H,28,30). The van der Waals surface area contributed by atoms with Gasteiger partial charge >= 0.3 is 0 Å². The average molecular weight is 537 g/mol. The third kappa shape index (κ3) is 6.67. The summed E-state index contributed by atoms with van der Waals surface area (Å²) in [6, 6.07) is 18.1. The van der Waals surface area contributed by atoms with Crippen molar-refractivity contribution in [2.24, 2.45) is 0 Å². The maximum atomic E-state index is 13.5. The smallest absolute Gasteiger partial charge is 0.245 e. The topological polar surface area (TPSA) is 84.9 Å². The number of nitrogens with one attached hydrogen (secondary N) is 1. The summed E-state index contributed by atoms with van der Waals surface area (Å²) < 4.78 is 38.7. The SMILES string of the molecule is COc1ccc(C(C)NC(=O)CN(Cc2ccccc2)S(=O)(=O)c2cc(Cl)ccc2Cl)cc1OC. The first kappa shape index (κ1) is 26.8. The lowest BCUT2D eigenvalue weighted by molar-refractivity contribution is -0.122. The second-order valence-corrected chi connectivity index (χ2v) is 10.5. The molecule has 0 saturated heterocycles. The van der Waals surface area contributed by atoms with Crippen molar-refractivity contribution < 1.29 is 22.7 Å². The van der Waals surface area contributed by atoms with Crippen molar-refractivity contribution in [1.82, 2.24) is 9.62 Å². The number of hydrogen-bond acceptors (Lipinski definition) is 5. The monoisotopic (exact) mass is 536 g/mol. The number of rotatable bonds is 10. The van der Waals surface area contributed by atoms with Gasteiger partial charge < -0.3 is 14.8 Å². The molecular formula is C25H26Cl2N2O5S. The van der Waals surface area contributed by atoms with Crippen LogP contribution >= 0.6 is 23.2 Å². The summed E-state index contributed by atoms with van der Waals surface area (Å²) >= 11 is 12.2. The lowest BCUT2D eigenvalue weighted by atomic mass is 10.1. The molecule has 10 heteroatoms. The molecule has 0 bridgehead atoms. The Balaban J connectivity index is 1.86. The third-order valence-corrected chi connectivity index (χ3v) is 7.83. The molecule has 35 heavy (non-hydrogen) atoms. The molecule has 0 aliphatic heterocycles. The minimum Gasteiger partial charge on any atom is -0.493 e. The zero-order chi connectivity index (χ0) is 25.6. The van der Waals surface area contributed by atoms with Gasteiger partial charge in [-0.25, -0.2) is 8.42 Å². The van der Waals surface area contributed by atoms with Gasteiger partial charge in [0.2, 0.25) is 15.9 Å². The van der Waals surface area contributed by atoms with Crippen LogP contribution < -0.4 is 14.8 Å². The highest BCUT2D eigenvalue weighted by atomic mass is 35.5. The van der Waals surface area contributed by atoms with Crippen LogP contribution in [0.4, 0.5) is 0 Å². The van der Waals surface area contributed by atoms with Crippen molar-refractivity contribution in [3.8, 4) is 11.5 Å². The van der Waals surface area contributed by atoms with Gasteiger partial charge in [-0.3, -0.25) is 4.79 Å². The van der Waals surface area contributed by atoms with Gasteiger partial charge in [0, 0.05) is 11.6 Å². The van der Waals surface area contributed by atoms with E-state index in [1.165, 1.54) is 32.4 Å². The van der Waals surface area contributed by atoms with Crippen LogP contribution in [0.2, 0.25) is 10.0 Å². The van der Waals surface area contributed by atoms with Gasteiger partial charge in [-0.05, 0) is 48.4 Å². The number of amides is 1. The van der Waals surface area contributed by atoms with Crippen molar-refractivity contribution in [2.45, 2.75) is 24.4 Å². The highest BCUT2D eigenvalue weighted by Gasteiger charge is 2.29. The Hall–Kier alpha value is -2.78. The molecule has 3 aromatic rings. The number of hydrogen-bond donors (Lipinski definition) is 1. The predicted octanol–water partition coefficient (Wildman–Crippen LogP) is 5.08. The summed E-state index contributed by atoms with van der Waals surface area (Å²) in [6.45, 7) is 1.35. The molecule has 0 fully saturated rings. The van der Waals surface area contributed by atoms with Gasteiger partial charge in [0.15, 0.2) is 11.5 Å². The quantitative estimate of drug-likeness (QED) is 0.390. The molecule has 7 nitrogen and oxygen atoms in total. The fourth-order valence-electron chi connectivity index (χ4n) is 3.48. The molecule has 0 radical (unpaired) electrons. The van der Waals surface area contributed by atoms with Crippen LogP contribution in [0, 0.1) is 0 Å². The molecule has 0 aliphatic rings. The second kappa shape index (κ2) is 11.8. The Bertz CT molecular complexity index is 1290. The van der Waals surface area contributed by atoms with E-state index < -0.39 is 28.5 Å². The highest BCUT2D eigenvalue weighted by molar-refractivity contribution is 7.89. The maximum Gasteiger partial charge on any atom is 0.245 e. The van der Waals surface area contributed by atoms with Gasteiger partial charge in [0.25, 0.3) is 0 Å². The Morgan fingerprint density at radius 1 is 0.971 bits per heavy atom. The largest absolute Gasteiger partial charge is 0.493 e. The van der Waals surface area contributed by atoms with Crippen LogP contribution in [0.1, 0.15) is 24.1 Å². The van der Waals surface area contributed by atoms with Crippen LogP contribution in [0.15, 0.2) is 71.6 Å². The number of nitrogens with zero attached hydrogens (tertiary/aromatic N) is 1. The molecule has 3 rings (SSSR count). The molecule has 1 amide bonds. The van der Waals surface area contributed by atoms with E-state index in [0.29, 0.717) is 11.5 Å². The van der Waals surface area contributed by atoms with E-state index in [-0.39, 0.29) is 21.5 Å². The fraction of sp³-hybridized carbons (Fsp3) is 0.240. The molecular weight excluding hydrogens is 511 g/mol. The van der Waals surface area contributed by atoms with Crippen molar-refractivity contribution in [2.75, 3.05) is 20.8 Å². The zero-order valence-electron chi connectivity index (χ0n) is 19.5. The van der Waals surface area contributed by atoms with Crippen molar-refractivity contribution in [3.63, 3.8) is 0 Å². The van der Waals surface area contributed by atoms with E-state index in [0.717, 1.165) is 15.4 Å². The lowest BCUT2D eigenvalue weighted by Gasteiger charge is -2.24. The first-order chi connectivity index (χ1) is 16.6. The Kier molecular flexibility index (Phi) is 9.02. The number of methoxy groups -OCH3 is 2. The summed E-state index contributed by atoms with van der Waals surface area (Å²) in [4.78, 5) is 12.8. The van der Waals surface area contributed by atoms with E-state index in [1.54, 1.807) is 49.4 Å². The molecule has 0 heterocycles. The lowest BCUT2D eigenvalue weighted by Crippen LogP contribution is -2.41. The van der Waals surface area contributed by atoms with E-state index in [2.05, 4.69) is 5.32 Å². The average Bonchev–Trinajstić information content (AvgIpc) is 2.85. The molecule has 0 aliphatic carbocycles. The predicted molar refractivity (Wildman–Crippen MR) is 137 cm³/mol. The number of carbonyl (C=O) groups excluding carboxylic acids is 1. The van der Waals surface area contributed by atoms with Crippen LogP contribution in [0.5, 0.6) is 11.5 Å². The summed E-state index contributed by atoms with van der Waals surface area (Å²) in [5, 5.41) is 3.09. The van der Waals surface area contributed by atoms with Gasteiger partial charge in [0.1, 0.15) is 4.90 Å². The number of ether oxygens (including phenoxy) is 2. The van der Waals surface area contributed by atoms with Crippen LogP contribution in [-0.2, 0) is 21.4 Å². The normalized spacial score (nSPS) is 12.3. The van der Waals surface area contributed by atoms with Crippen LogP contribution in [0.25, 0.3) is 0 Å². The second-order valence-electron chi connectivity index (χ2n) is 7.74. The van der Waals surface area contributed by atoms with Crippen LogP contribution in [0.3, 0.4) is 0 Å². The van der Waals surface area contributed by atoms with Gasteiger partial charge in [-0.1, -0.05) is 59.6 Å². The van der Waals surface area contributed by atoms with E-state index in [4.69, 9.17) is 32.7 Å². The number of benzene rings is 3. The summed E-state index contributed by atoms with van der Waals surface area (Å²) in [6.07, 6.45) is 0. The maximum absolute atomic E-state index is 13.5. The minimum absolute atomic E-state index is 0.0200.